The first-order valence-electron chi connectivity index (χ1n) is 4.95. The fourth-order valence-electron chi connectivity index (χ4n) is 1.23. The first-order valence-corrected chi connectivity index (χ1v) is 5.77. The molecule has 6 heteroatoms. The molecule has 0 saturated carbocycles. The van der Waals surface area contributed by atoms with Gasteiger partial charge in [0, 0.05) is 5.92 Å². The largest absolute Gasteiger partial charge is 0.389 e. The average molecular weight is 229 g/mol. The van der Waals surface area contributed by atoms with Crippen LogP contribution in [0.25, 0.3) is 0 Å². The Morgan fingerprint density at radius 3 is 2.60 bits per heavy atom. The van der Waals surface area contributed by atoms with Crippen molar-refractivity contribution in [1.82, 2.24) is 10.2 Å². The van der Waals surface area contributed by atoms with Crippen LogP contribution in [0.5, 0.6) is 0 Å². The fraction of sp³-hybridized carbons (Fsp3) is 0.667. The number of rotatable bonds is 5. The zero-order valence-electron chi connectivity index (χ0n) is 8.86. The molecule has 1 rings (SSSR count). The highest BCUT2D eigenvalue weighted by Crippen LogP contribution is 2.17. The molecule has 84 valence electrons. The summed E-state index contributed by atoms with van der Waals surface area (Å²) in [6.45, 7) is 3.82. The van der Waals surface area contributed by atoms with Gasteiger partial charge in [0.2, 0.25) is 11.0 Å². The van der Waals surface area contributed by atoms with Crippen molar-refractivity contribution < 1.29 is 9.90 Å². The van der Waals surface area contributed by atoms with Crippen molar-refractivity contribution in [2.45, 2.75) is 33.3 Å². The zero-order valence-corrected chi connectivity index (χ0v) is 9.67. The van der Waals surface area contributed by atoms with Gasteiger partial charge in [-0.2, -0.15) is 0 Å². The summed E-state index contributed by atoms with van der Waals surface area (Å²) in [4.78, 5) is 11.6. The SMILES string of the molecule is CCC(CC)C(=O)Nc1nnc(CO)s1. The number of anilines is 1. The lowest BCUT2D eigenvalue weighted by molar-refractivity contribution is -0.120. The molecule has 0 bridgehead atoms. The Hall–Kier alpha value is -1.01. The van der Waals surface area contributed by atoms with Crippen LogP contribution < -0.4 is 5.32 Å². The number of nitrogens with one attached hydrogen (secondary N) is 1. The van der Waals surface area contributed by atoms with Gasteiger partial charge in [0.25, 0.3) is 0 Å². The normalized spacial score (nSPS) is 10.7. The minimum atomic E-state index is -0.140. The molecule has 0 aliphatic heterocycles. The molecule has 5 nitrogen and oxygen atoms in total. The molecule has 2 N–H and O–H groups in total. The van der Waals surface area contributed by atoms with Gasteiger partial charge in [0.1, 0.15) is 5.01 Å². The highest BCUT2D eigenvalue weighted by Gasteiger charge is 2.15. The van der Waals surface area contributed by atoms with Crippen molar-refractivity contribution in [3.8, 4) is 0 Å². The first-order chi connectivity index (χ1) is 7.21. The molecule has 0 radical (unpaired) electrons. The lowest BCUT2D eigenvalue weighted by Crippen LogP contribution is -2.21. The van der Waals surface area contributed by atoms with Crippen molar-refractivity contribution in [3.05, 3.63) is 5.01 Å². The summed E-state index contributed by atoms with van der Waals surface area (Å²) in [6, 6.07) is 0. The van der Waals surface area contributed by atoms with Crippen LogP contribution in [0.15, 0.2) is 0 Å². The standard InChI is InChI=1S/C9H15N3O2S/c1-3-6(4-2)8(14)10-9-12-11-7(5-13)15-9/h6,13H,3-5H2,1-2H3,(H,10,12,14). The van der Waals surface area contributed by atoms with Crippen molar-refractivity contribution in [1.29, 1.82) is 0 Å². The van der Waals surface area contributed by atoms with Gasteiger partial charge < -0.3 is 10.4 Å². The minimum Gasteiger partial charge on any atom is -0.389 e. The number of hydrogen-bond donors (Lipinski definition) is 2. The van der Waals surface area contributed by atoms with E-state index in [0.717, 1.165) is 12.8 Å². The number of hydrogen-bond acceptors (Lipinski definition) is 5. The third-order valence-electron chi connectivity index (χ3n) is 2.19. The number of aliphatic hydroxyl groups is 1. The van der Waals surface area contributed by atoms with Gasteiger partial charge in [-0.15, -0.1) is 10.2 Å². The van der Waals surface area contributed by atoms with Gasteiger partial charge in [0.15, 0.2) is 0 Å². The quantitative estimate of drug-likeness (QED) is 0.800. The molecule has 0 unspecified atom stereocenters. The third kappa shape index (κ3) is 3.24. The molecule has 1 amide bonds. The van der Waals surface area contributed by atoms with Crippen LogP contribution in [-0.4, -0.2) is 21.2 Å². The van der Waals surface area contributed by atoms with Crippen LogP contribution in [0.4, 0.5) is 5.13 Å². The summed E-state index contributed by atoms with van der Waals surface area (Å²) in [5.41, 5.74) is 0. The van der Waals surface area contributed by atoms with Crippen molar-refractivity contribution in [2.75, 3.05) is 5.32 Å². The topological polar surface area (TPSA) is 75.1 Å². The summed E-state index contributed by atoms with van der Waals surface area (Å²) < 4.78 is 0. The number of carbonyl (C=O) groups excluding carboxylic acids is 1. The third-order valence-corrected chi connectivity index (χ3v) is 3.01. The summed E-state index contributed by atoms with van der Waals surface area (Å²) in [6.07, 6.45) is 1.63. The molecule has 0 atom stereocenters. The lowest BCUT2D eigenvalue weighted by atomic mass is 10.0. The van der Waals surface area contributed by atoms with E-state index in [9.17, 15) is 4.79 Å². The molecule has 1 aromatic heterocycles. The average Bonchev–Trinajstić information content (AvgIpc) is 2.67. The number of carbonyl (C=O) groups is 1. The van der Waals surface area contributed by atoms with E-state index in [1.807, 2.05) is 13.8 Å². The highest BCUT2D eigenvalue weighted by atomic mass is 32.1. The fourth-order valence-corrected chi connectivity index (χ4v) is 1.84. The lowest BCUT2D eigenvalue weighted by Gasteiger charge is -2.09. The summed E-state index contributed by atoms with van der Waals surface area (Å²) >= 11 is 1.20. The molecule has 0 fully saturated rings. The smallest absolute Gasteiger partial charge is 0.229 e. The highest BCUT2D eigenvalue weighted by molar-refractivity contribution is 7.15. The predicted octanol–water partition coefficient (Wildman–Crippen LogP) is 1.41. The van der Waals surface area contributed by atoms with E-state index >= 15 is 0 Å². The Morgan fingerprint density at radius 2 is 2.13 bits per heavy atom. The molecule has 0 saturated heterocycles. The van der Waals surface area contributed by atoms with Crippen LogP contribution >= 0.6 is 11.3 Å². The van der Waals surface area contributed by atoms with Gasteiger partial charge in [-0.3, -0.25) is 4.79 Å². The van der Waals surface area contributed by atoms with Gasteiger partial charge >= 0.3 is 0 Å². The number of nitrogens with zero attached hydrogens (tertiary/aromatic N) is 2. The van der Waals surface area contributed by atoms with Crippen LogP contribution in [0, 0.1) is 5.92 Å². The van der Waals surface area contributed by atoms with E-state index in [1.165, 1.54) is 11.3 Å². The molecule has 0 aromatic carbocycles. The van der Waals surface area contributed by atoms with Gasteiger partial charge in [-0.1, -0.05) is 25.2 Å². The maximum Gasteiger partial charge on any atom is 0.229 e. The van der Waals surface area contributed by atoms with Gasteiger partial charge in [-0.05, 0) is 12.8 Å². The molecule has 1 heterocycles. The Labute approximate surface area is 92.5 Å². The van der Waals surface area contributed by atoms with Crippen LogP contribution in [0.3, 0.4) is 0 Å². The van der Waals surface area contributed by atoms with Gasteiger partial charge in [-0.25, -0.2) is 0 Å². The van der Waals surface area contributed by atoms with Crippen LogP contribution in [-0.2, 0) is 11.4 Å². The number of amides is 1. The maximum absolute atomic E-state index is 11.6. The predicted molar refractivity (Wildman–Crippen MR) is 58.5 cm³/mol. The van der Waals surface area contributed by atoms with Crippen molar-refractivity contribution in [2.24, 2.45) is 5.92 Å². The van der Waals surface area contributed by atoms with Crippen LogP contribution in [0.2, 0.25) is 0 Å². The second kappa shape index (κ2) is 5.77. The van der Waals surface area contributed by atoms with E-state index in [2.05, 4.69) is 15.5 Å². The molecule has 1 aromatic rings. The van der Waals surface area contributed by atoms with E-state index in [0.29, 0.717) is 10.1 Å². The molecule has 0 spiro atoms. The molecular weight excluding hydrogens is 214 g/mol. The molecule has 0 aliphatic carbocycles. The number of aromatic nitrogens is 2. The van der Waals surface area contributed by atoms with E-state index in [1.54, 1.807) is 0 Å². The van der Waals surface area contributed by atoms with E-state index in [4.69, 9.17) is 5.11 Å². The Kier molecular flexibility index (Phi) is 4.64. The van der Waals surface area contributed by atoms with Crippen LogP contribution in [0.1, 0.15) is 31.7 Å². The van der Waals surface area contributed by atoms with E-state index < -0.39 is 0 Å². The molecular formula is C9H15N3O2S. The summed E-state index contributed by atoms with van der Waals surface area (Å²) in [5, 5.41) is 19.9. The second-order valence-electron chi connectivity index (χ2n) is 3.16. The maximum atomic E-state index is 11.6. The van der Waals surface area contributed by atoms with Crippen molar-refractivity contribution in [3.63, 3.8) is 0 Å². The first kappa shape index (κ1) is 12.1. The molecule has 15 heavy (non-hydrogen) atoms. The molecule has 0 aliphatic rings. The monoisotopic (exact) mass is 229 g/mol. The van der Waals surface area contributed by atoms with E-state index in [-0.39, 0.29) is 18.4 Å². The van der Waals surface area contributed by atoms with Gasteiger partial charge in [0.05, 0.1) is 6.61 Å². The van der Waals surface area contributed by atoms with Crippen molar-refractivity contribution >= 4 is 22.4 Å². The zero-order chi connectivity index (χ0) is 11.3. The number of aliphatic hydroxyl groups excluding tert-OH is 1. The summed E-state index contributed by atoms with van der Waals surface area (Å²) in [5.74, 6) is -0.00730. The second-order valence-corrected chi connectivity index (χ2v) is 4.22. The Bertz CT molecular complexity index is 323. The Morgan fingerprint density at radius 1 is 1.47 bits per heavy atom. The Balaban J connectivity index is 2.57. The summed E-state index contributed by atoms with van der Waals surface area (Å²) in [7, 11) is 0. The minimum absolute atomic E-state index is 0.0199.